The number of aliphatic imine (C=N–C) groups is 1. The fourth-order valence-electron chi connectivity index (χ4n) is 3.85. The number of hydrogen-bond acceptors (Lipinski definition) is 3. The molecule has 6 nitrogen and oxygen atoms in total. The summed E-state index contributed by atoms with van der Waals surface area (Å²) in [5.74, 6) is 1.62. The maximum Gasteiger partial charge on any atom is 0.246 e. The molecule has 2 aliphatic heterocycles. The van der Waals surface area contributed by atoms with E-state index < -0.39 is 0 Å². The van der Waals surface area contributed by atoms with Gasteiger partial charge >= 0.3 is 0 Å². The molecule has 2 N–H and O–H groups in total. The summed E-state index contributed by atoms with van der Waals surface area (Å²) in [5.41, 5.74) is 3.50. The summed E-state index contributed by atoms with van der Waals surface area (Å²) in [6, 6.07) is 16.2. The fourth-order valence-corrected chi connectivity index (χ4v) is 3.85. The monoisotopic (exact) mass is 506 g/mol. The molecule has 0 aromatic heterocycles. The van der Waals surface area contributed by atoms with Crippen LogP contribution >= 0.6 is 24.0 Å². The van der Waals surface area contributed by atoms with Gasteiger partial charge in [-0.25, -0.2) is 0 Å². The van der Waals surface area contributed by atoms with Crippen LogP contribution < -0.4 is 20.3 Å². The molecule has 154 valence electrons. The first kappa shape index (κ1) is 21.4. The summed E-state index contributed by atoms with van der Waals surface area (Å²) >= 11 is 0. The van der Waals surface area contributed by atoms with Crippen LogP contribution in [0.25, 0.3) is 0 Å². The molecule has 1 unspecified atom stereocenters. The maximum atomic E-state index is 12.7. The lowest BCUT2D eigenvalue weighted by Gasteiger charge is -2.29. The Labute approximate surface area is 188 Å². The lowest BCUT2D eigenvalue weighted by molar-refractivity contribution is -0.117. The highest BCUT2D eigenvalue weighted by Gasteiger charge is 2.24. The van der Waals surface area contributed by atoms with Crippen molar-refractivity contribution in [3.05, 3.63) is 59.7 Å². The van der Waals surface area contributed by atoms with Gasteiger partial charge in [0, 0.05) is 25.7 Å². The average Bonchev–Trinajstić information content (AvgIpc) is 3.16. The minimum absolute atomic E-state index is 0. The molecule has 0 saturated carbocycles. The average molecular weight is 506 g/mol. The molecular formula is C22H27IN4O2. The molecule has 4 rings (SSSR count). The normalized spacial score (nSPS) is 17.5. The van der Waals surface area contributed by atoms with Crippen molar-refractivity contribution in [2.75, 3.05) is 31.6 Å². The molecule has 0 spiro atoms. The smallest absolute Gasteiger partial charge is 0.246 e. The van der Waals surface area contributed by atoms with Gasteiger partial charge in [0.05, 0.1) is 13.1 Å². The second-order valence-electron chi connectivity index (χ2n) is 7.14. The van der Waals surface area contributed by atoms with E-state index in [0.29, 0.717) is 12.5 Å². The second-order valence-corrected chi connectivity index (χ2v) is 7.14. The Balaban J connectivity index is 0.00000240. The van der Waals surface area contributed by atoms with Crippen molar-refractivity contribution in [1.29, 1.82) is 0 Å². The van der Waals surface area contributed by atoms with Crippen LogP contribution in [0.1, 0.15) is 17.5 Å². The van der Waals surface area contributed by atoms with Crippen LogP contribution in [0.5, 0.6) is 5.75 Å². The highest BCUT2D eigenvalue weighted by atomic mass is 127. The zero-order chi connectivity index (χ0) is 19.3. The van der Waals surface area contributed by atoms with E-state index in [1.165, 1.54) is 11.1 Å². The van der Waals surface area contributed by atoms with Gasteiger partial charge in [-0.05, 0) is 36.1 Å². The topological polar surface area (TPSA) is 66.0 Å². The lowest BCUT2D eigenvalue weighted by Crippen LogP contribution is -2.47. The van der Waals surface area contributed by atoms with Gasteiger partial charge in [0.2, 0.25) is 5.91 Å². The van der Waals surface area contributed by atoms with Crippen molar-refractivity contribution >= 4 is 41.5 Å². The SMILES string of the molecule is CN=C(NCC(=O)N1CCCc2ccccc21)NCC1Cc2ccccc2O1.I. The van der Waals surface area contributed by atoms with Crippen LogP contribution in [0, 0.1) is 0 Å². The summed E-state index contributed by atoms with van der Waals surface area (Å²) < 4.78 is 5.94. The molecular weight excluding hydrogens is 479 g/mol. The minimum Gasteiger partial charge on any atom is -0.488 e. The van der Waals surface area contributed by atoms with E-state index in [0.717, 1.165) is 37.2 Å². The first-order valence-electron chi connectivity index (χ1n) is 9.82. The standard InChI is InChI=1S/C22H26N4O2.HI/c1-23-22(24-14-18-13-17-8-3-5-11-20(17)28-18)25-15-21(27)26-12-6-9-16-7-2-4-10-19(16)26;/h2-5,7-8,10-11,18H,6,9,12-15H2,1H3,(H2,23,24,25);1H. The number of carbonyl (C=O) groups excluding carboxylic acids is 1. The number of fused-ring (bicyclic) bond motifs is 2. The number of hydrogen-bond donors (Lipinski definition) is 2. The summed E-state index contributed by atoms with van der Waals surface area (Å²) in [7, 11) is 1.71. The minimum atomic E-state index is 0. The first-order chi connectivity index (χ1) is 13.7. The molecule has 2 aliphatic rings. The quantitative estimate of drug-likeness (QED) is 0.381. The van der Waals surface area contributed by atoms with E-state index in [2.05, 4.69) is 27.8 Å². The Kier molecular flexibility index (Phi) is 7.35. The number of aryl methyl sites for hydroxylation is 1. The molecule has 0 radical (unpaired) electrons. The third kappa shape index (κ3) is 5.01. The molecule has 1 atom stereocenters. The van der Waals surface area contributed by atoms with Crippen molar-refractivity contribution in [3.8, 4) is 5.75 Å². The number of rotatable bonds is 4. The molecule has 2 heterocycles. The van der Waals surface area contributed by atoms with Crippen LogP contribution in [-0.2, 0) is 17.6 Å². The molecule has 2 aromatic carbocycles. The second kappa shape index (κ2) is 9.96. The predicted molar refractivity (Wildman–Crippen MR) is 126 cm³/mol. The zero-order valence-electron chi connectivity index (χ0n) is 16.6. The molecule has 2 aromatic rings. The van der Waals surface area contributed by atoms with Crippen LogP contribution in [0.4, 0.5) is 5.69 Å². The van der Waals surface area contributed by atoms with Crippen molar-refractivity contribution in [3.63, 3.8) is 0 Å². The van der Waals surface area contributed by atoms with E-state index in [1.807, 2.05) is 41.3 Å². The summed E-state index contributed by atoms with van der Waals surface area (Å²) in [5, 5.41) is 6.40. The number of para-hydroxylation sites is 2. The van der Waals surface area contributed by atoms with Crippen molar-refractivity contribution in [1.82, 2.24) is 10.6 Å². The van der Waals surface area contributed by atoms with Gasteiger partial charge in [-0.1, -0.05) is 36.4 Å². The summed E-state index contributed by atoms with van der Waals surface area (Å²) in [4.78, 5) is 18.8. The van der Waals surface area contributed by atoms with Gasteiger partial charge in [-0.3, -0.25) is 9.79 Å². The Hall–Kier alpha value is -2.29. The van der Waals surface area contributed by atoms with Gasteiger partial charge in [-0.15, -0.1) is 24.0 Å². The van der Waals surface area contributed by atoms with E-state index in [1.54, 1.807) is 7.05 Å². The number of anilines is 1. The Morgan fingerprint density at radius 1 is 1.14 bits per heavy atom. The maximum absolute atomic E-state index is 12.7. The largest absolute Gasteiger partial charge is 0.488 e. The number of carbonyl (C=O) groups is 1. The molecule has 0 saturated heterocycles. The molecule has 0 aliphatic carbocycles. The van der Waals surface area contributed by atoms with Crippen LogP contribution in [0.2, 0.25) is 0 Å². The van der Waals surface area contributed by atoms with Gasteiger partial charge in [0.15, 0.2) is 5.96 Å². The van der Waals surface area contributed by atoms with Gasteiger partial charge in [0.25, 0.3) is 0 Å². The molecule has 0 fully saturated rings. The van der Waals surface area contributed by atoms with Crippen LogP contribution in [0.3, 0.4) is 0 Å². The van der Waals surface area contributed by atoms with E-state index in [9.17, 15) is 4.79 Å². The molecule has 1 amide bonds. The molecule has 29 heavy (non-hydrogen) atoms. The Morgan fingerprint density at radius 2 is 1.90 bits per heavy atom. The summed E-state index contributed by atoms with van der Waals surface area (Å²) in [6.07, 6.45) is 2.97. The zero-order valence-corrected chi connectivity index (χ0v) is 18.9. The fraction of sp³-hybridized carbons (Fsp3) is 0.364. The third-order valence-electron chi connectivity index (χ3n) is 5.25. The highest BCUT2D eigenvalue weighted by Crippen LogP contribution is 2.28. The predicted octanol–water partition coefficient (Wildman–Crippen LogP) is 2.75. The number of guanidine groups is 1. The van der Waals surface area contributed by atoms with E-state index in [-0.39, 0.29) is 42.5 Å². The van der Waals surface area contributed by atoms with E-state index >= 15 is 0 Å². The highest BCUT2D eigenvalue weighted by molar-refractivity contribution is 14.0. The van der Waals surface area contributed by atoms with Crippen molar-refractivity contribution < 1.29 is 9.53 Å². The van der Waals surface area contributed by atoms with Crippen LogP contribution in [0.15, 0.2) is 53.5 Å². The third-order valence-corrected chi connectivity index (χ3v) is 5.25. The van der Waals surface area contributed by atoms with Gasteiger partial charge < -0.3 is 20.3 Å². The summed E-state index contributed by atoms with van der Waals surface area (Å²) in [6.45, 7) is 1.60. The molecule has 0 bridgehead atoms. The van der Waals surface area contributed by atoms with E-state index in [4.69, 9.17) is 4.74 Å². The number of halogens is 1. The van der Waals surface area contributed by atoms with Crippen LogP contribution in [-0.4, -0.2) is 44.7 Å². The number of ether oxygens (including phenoxy) is 1. The Bertz CT molecular complexity index is 862. The number of benzene rings is 2. The number of amides is 1. The number of nitrogens with zero attached hydrogens (tertiary/aromatic N) is 2. The first-order valence-corrected chi connectivity index (χ1v) is 9.82. The van der Waals surface area contributed by atoms with Crippen molar-refractivity contribution in [2.45, 2.75) is 25.4 Å². The molecule has 7 heteroatoms. The Morgan fingerprint density at radius 3 is 2.69 bits per heavy atom. The van der Waals surface area contributed by atoms with Gasteiger partial charge in [0.1, 0.15) is 11.9 Å². The van der Waals surface area contributed by atoms with Gasteiger partial charge in [-0.2, -0.15) is 0 Å². The lowest BCUT2D eigenvalue weighted by atomic mass is 10.0. The number of nitrogens with one attached hydrogen (secondary N) is 2. The van der Waals surface area contributed by atoms with Crippen molar-refractivity contribution in [2.24, 2.45) is 4.99 Å².